The normalized spacial score (nSPS) is 12.7. The first-order chi connectivity index (χ1) is 6.97. The first-order valence-corrected chi connectivity index (χ1v) is 4.43. The van der Waals surface area contributed by atoms with Gasteiger partial charge in [-0.05, 0) is 13.3 Å². The highest BCUT2D eigenvalue weighted by molar-refractivity contribution is 5.45. The summed E-state index contributed by atoms with van der Waals surface area (Å²) in [5.41, 5.74) is -0.811. The molecule has 1 heterocycles. The predicted molar refractivity (Wildman–Crippen MR) is 47.4 cm³/mol. The molecule has 0 aliphatic heterocycles. The number of nitrogens with zero attached hydrogens (tertiary/aromatic N) is 1. The van der Waals surface area contributed by atoms with Gasteiger partial charge in [-0.2, -0.15) is 22.5 Å². The maximum atomic E-state index is 13.0. The molecule has 2 nitrogen and oxygen atoms in total. The maximum absolute atomic E-state index is 13.0. The number of hydrogen-bond acceptors (Lipinski definition) is 2. The molecule has 6 heteroatoms. The molecule has 0 spiro atoms. The van der Waals surface area contributed by atoms with Crippen molar-refractivity contribution >= 4 is 5.69 Å². The zero-order chi connectivity index (χ0) is 11.6. The molecule has 0 aromatic carbocycles. The summed E-state index contributed by atoms with van der Waals surface area (Å²) in [5, 5.41) is 2.34. The number of aromatic nitrogens is 1. The standard InChI is InChI=1S/C9H10F4N2/c1-3-4(2)14-7-5(10)8(12)15-9(13)6(7)11/h4H,3H2,1-2H3,(H,14,15). The summed E-state index contributed by atoms with van der Waals surface area (Å²) in [4.78, 5) is 2.44. The molecule has 0 fully saturated rings. The molecule has 0 saturated carbocycles. The van der Waals surface area contributed by atoms with Gasteiger partial charge in [0.2, 0.25) is 11.6 Å². The number of rotatable bonds is 3. The zero-order valence-electron chi connectivity index (χ0n) is 8.24. The van der Waals surface area contributed by atoms with E-state index < -0.39 is 29.2 Å². The van der Waals surface area contributed by atoms with Crippen LogP contribution in [0.1, 0.15) is 20.3 Å². The molecule has 1 unspecified atom stereocenters. The molecule has 1 aromatic heterocycles. The highest BCUT2D eigenvalue weighted by Crippen LogP contribution is 2.22. The van der Waals surface area contributed by atoms with Crippen LogP contribution in [-0.4, -0.2) is 11.0 Å². The second-order valence-corrected chi connectivity index (χ2v) is 3.15. The van der Waals surface area contributed by atoms with Gasteiger partial charge >= 0.3 is 0 Å². The van der Waals surface area contributed by atoms with Crippen LogP contribution in [-0.2, 0) is 0 Å². The lowest BCUT2D eigenvalue weighted by molar-refractivity contribution is 0.409. The van der Waals surface area contributed by atoms with E-state index >= 15 is 0 Å². The molecule has 0 amide bonds. The van der Waals surface area contributed by atoms with Crippen LogP contribution >= 0.6 is 0 Å². The minimum Gasteiger partial charge on any atom is -0.378 e. The van der Waals surface area contributed by atoms with Crippen LogP contribution in [0.5, 0.6) is 0 Å². The molecule has 0 radical (unpaired) electrons. The highest BCUT2D eigenvalue weighted by Gasteiger charge is 2.21. The third-order valence-corrected chi connectivity index (χ3v) is 2.00. The molecule has 1 N–H and O–H groups in total. The minimum atomic E-state index is -1.65. The lowest BCUT2D eigenvalue weighted by Crippen LogP contribution is -2.17. The first-order valence-electron chi connectivity index (χ1n) is 4.43. The van der Waals surface area contributed by atoms with Gasteiger partial charge in [0, 0.05) is 6.04 Å². The fourth-order valence-electron chi connectivity index (χ4n) is 0.962. The minimum absolute atomic E-state index is 0.296. The molecule has 1 aromatic rings. The monoisotopic (exact) mass is 222 g/mol. The van der Waals surface area contributed by atoms with Crippen molar-refractivity contribution in [1.82, 2.24) is 4.98 Å². The zero-order valence-corrected chi connectivity index (χ0v) is 8.24. The Labute approximate surface area is 84.3 Å². The van der Waals surface area contributed by atoms with Gasteiger partial charge < -0.3 is 5.32 Å². The Bertz CT molecular complexity index is 341. The quantitative estimate of drug-likeness (QED) is 0.628. The van der Waals surface area contributed by atoms with Crippen molar-refractivity contribution in [3.63, 3.8) is 0 Å². The van der Waals surface area contributed by atoms with E-state index in [1.807, 2.05) is 0 Å². The number of halogens is 4. The van der Waals surface area contributed by atoms with Gasteiger partial charge in [-0.15, -0.1) is 0 Å². The molecule has 1 atom stereocenters. The third kappa shape index (κ3) is 2.37. The van der Waals surface area contributed by atoms with Crippen LogP contribution in [0.4, 0.5) is 23.2 Å². The van der Waals surface area contributed by atoms with Gasteiger partial charge in [0.15, 0.2) is 0 Å². The SMILES string of the molecule is CCC(C)Nc1c(F)c(F)nc(F)c1F. The summed E-state index contributed by atoms with van der Waals surface area (Å²) in [6.45, 7) is 3.40. The first kappa shape index (κ1) is 11.7. The Kier molecular flexibility index (Phi) is 3.49. The average molecular weight is 222 g/mol. The molecule has 0 saturated heterocycles. The second-order valence-electron chi connectivity index (χ2n) is 3.15. The topological polar surface area (TPSA) is 24.9 Å². The van der Waals surface area contributed by atoms with Crippen LogP contribution in [0.15, 0.2) is 0 Å². The summed E-state index contributed by atoms with van der Waals surface area (Å²) < 4.78 is 51.3. The smallest absolute Gasteiger partial charge is 0.253 e. The van der Waals surface area contributed by atoms with Crippen molar-refractivity contribution in [3.8, 4) is 0 Å². The molecule has 0 aliphatic carbocycles. The Hall–Kier alpha value is -1.33. The van der Waals surface area contributed by atoms with Crippen LogP contribution < -0.4 is 5.32 Å². The van der Waals surface area contributed by atoms with Crippen molar-refractivity contribution in [2.75, 3.05) is 5.32 Å². The predicted octanol–water partition coefficient (Wildman–Crippen LogP) is 2.85. The molecule has 84 valence electrons. The Morgan fingerprint density at radius 2 is 1.60 bits per heavy atom. The molecule has 1 rings (SSSR count). The number of pyridine rings is 1. The van der Waals surface area contributed by atoms with Gasteiger partial charge in [0.25, 0.3) is 11.9 Å². The number of anilines is 1. The van der Waals surface area contributed by atoms with Gasteiger partial charge in [-0.25, -0.2) is 0 Å². The summed E-state index contributed by atoms with van der Waals surface area (Å²) >= 11 is 0. The third-order valence-electron chi connectivity index (χ3n) is 2.00. The summed E-state index contributed by atoms with van der Waals surface area (Å²) in [7, 11) is 0. The van der Waals surface area contributed by atoms with E-state index in [-0.39, 0.29) is 6.04 Å². The molecular formula is C9H10F4N2. The Balaban J connectivity index is 3.15. The fraction of sp³-hybridized carbons (Fsp3) is 0.444. The lowest BCUT2D eigenvalue weighted by Gasteiger charge is -2.14. The van der Waals surface area contributed by atoms with E-state index in [0.717, 1.165) is 0 Å². The summed E-state index contributed by atoms with van der Waals surface area (Å²) in [5.74, 6) is -6.32. The maximum Gasteiger partial charge on any atom is 0.253 e. The van der Waals surface area contributed by atoms with Crippen LogP contribution in [0.3, 0.4) is 0 Å². The van der Waals surface area contributed by atoms with Crippen LogP contribution in [0, 0.1) is 23.5 Å². The van der Waals surface area contributed by atoms with E-state index in [1.165, 1.54) is 0 Å². The van der Waals surface area contributed by atoms with Crippen molar-refractivity contribution in [1.29, 1.82) is 0 Å². The number of hydrogen-bond donors (Lipinski definition) is 1. The lowest BCUT2D eigenvalue weighted by atomic mass is 10.2. The van der Waals surface area contributed by atoms with E-state index in [9.17, 15) is 17.6 Å². The van der Waals surface area contributed by atoms with E-state index in [0.29, 0.717) is 6.42 Å². The molecule has 15 heavy (non-hydrogen) atoms. The highest BCUT2D eigenvalue weighted by atomic mass is 19.2. The van der Waals surface area contributed by atoms with Crippen molar-refractivity contribution in [2.24, 2.45) is 0 Å². The van der Waals surface area contributed by atoms with E-state index in [4.69, 9.17) is 0 Å². The molecular weight excluding hydrogens is 212 g/mol. The largest absolute Gasteiger partial charge is 0.378 e. The van der Waals surface area contributed by atoms with Gasteiger partial charge in [-0.3, -0.25) is 0 Å². The van der Waals surface area contributed by atoms with Crippen LogP contribution in [0.2, 0.25) is 0 Å². The van der Waals surface area contributed by atoms with Gasteiger partial charge in [0.1, 0.15) is 5.69 Å². The van der Waals surface area contributed by atoms with Crippen molar-refractivity contribution < 1.29 is 17.6 Å². The Morgan fingerprint density at radius 3 is 2.00 bits per heavy atom. The summed E-state index contributed by atoms with van der Waals surface area (Å²) in [6, 6.07) is -0.296. The second kappa shape index (κ2) is 4.46. The van der Waals surface area contributed by atoms with Crippen molar-refractivity contribution in [3.05, 3.63) is 23.5 Å². The van der Waals surface area contributed by atoms with Crippen molar-refractivity contribution in [2.45, 2.75) is 26.3 Å². The fourth-order valence-corrected chi connectivity index (χ4v) is 0.962. The van der Waals surface area contributed by atoms with E-state index in [2.05, 4.69) is 10.3 Å². The molecule has 0 aliphatic rings. The van der Waals surface area contributed by atoms with Gasteiger partial charge in [-0.1, -0.05) is 6.92 Å². The van der Waals surface area contributed by atoms with E-state index in [1.54, 1.807) is 13.8 Å². The van der Waals surface area contributed by atoms with Crippen LogP contribution in [0.25, 0.3) is 0 Å². The average Bonchev–Trinajstić information content (AvgIpc) is 2.21. The Morgan fingerprint density at radius 1 is 1.13 bits per heavy atom. The number of nitrogens with one attached hydrogen (secondary N) is 1. The van der Waals surface area contributed by atoms with Gasteiger partial charge in [0.05, 0.1) is 0 Å². The molecule has 0 bridgehead atoms. The summed E-state index contributed by atoms with van der Waals surface area (Å²) in [6.07, 6.45) is 0.560.